The van der Waals surface area contributed by atoms with Crippen LogP contribution in [0.1, 0.15) is 39.0 Å². The van der Waals surface area contributed by atoms with E-state index in [1.807, 2.05) is 0 Å². The molecule has 4 bridgehead atoms. The molecule has 4 aliphatic rings. The zero-order chi connectivity index (χ0) is 10.6. The second kappa shape index (κ2) is 2.96. The molecule has 0 aromatic rings. The molecule has 2 unspecified atom stereocenters. The molecule has 0 radical (unpaired) electrons. The Hall–Kier alpha value is -0.600. The van der Waals surface area contributed by atoms with Crippen molar-refractivity contribution in [3.63, 3.8) is 0 Å². The molecule has 3 heteroatoms. The van der Waals surface area contributed by atoms with Crippen LogP contribution in [-0.2, 0) is 9.53 Å². The van der Waals surface area contributed by atoms with E-state index in [0.717, 1.165) is 19.3 Å². The highest BCUT2D eigenvalue weighted by molar-refractivity contribution is 5.66. The molecule has 2 atom stereocenters. The third kappa shape index (κ3) is 1.47. The Morgan fingerprint density at radius 1 is 1.27 bits per heavy atom. The van der Waals surface area contributed by atoms with Gasteiger partial charge in [0.1, 0.15) is 11.8 Å². The highest BCUT2D eigenvalue weighted by Gasteiger charge is 2.57. The molecule has 4 aliphatic carbocycles. The predicted octanol–water partition coefficient (Wildman–Crippen LogP) is 2.47. The van der Waals surface area contributed by atoms with Crippen LogP contribution in [0.15, 0.2) is 0 Å². The zero-order valence-corrected chi connectivity index (χ0v) is 9.04. The first-order chi connectivity index (χ1) is 7.06. The lowest BCUT2D eigenvalue weighted by atomic mass is 9.53. The van der Waals surface area contributed by atoms with E-state index in [1.165, 1.54) is 6.92 Å². The fraction of sp³-hybridized carbons (Fsp3) is 0.917. The molecule has 15 heavy (non-hydrogen) atoms. The van der Waals surface area contributed by atoms with E-state index in [4.69, 9.17) is 4.74 Å². The van der Waals surface area contributed by atoms with E-state index in [1.54, 1.807) is 0 Å². The monoisotopic (exact) mass is 212 g/mol. The van der Waals surface area contributed by atoms with Crippen LogP contribution in [0.2, 0.25) is 0 Å². The summed E-state index contributed by atoms with van der Waals surface area (Å²) in [5.41, 5.74) is -0.923. The van der Waals surface area contributed by atoms with E-state index in [-0.39, 0.29) is 12.1 Å². The Morgan fingerprint density at radius 2 is 1.87 bits per heavy atom. The molecule has 0 amide bonds. The second-order valence-electron chi connectivity index (χ2n) is 5.69. The number of rotatable bonds is 1. The van der Waals surface area contributed by atoms with Crippen LogP contribution in [0.3, 0.4) is 0 Å². The van der Waals surface area contributed by atoms with Crippen molar-refractivity contribution in [1.29, 1.82) is 0 Å². The van der Waals surface area contributed by atoms with Crippen molar-refractivity contribution in [1.82, 2.24) is 0 Å². The zero-order valence-electron chi connectivity index (χ0n) is 9.04. The molecule has 0 aromatic carbocycles. The molecule has 84 valence electrons. The van der Waals surface area contributed by atoms with Gasteiger partial charge in [-0.25, -0.2) is 4.39 Å². The molecule has 2 nitrogen and oxygen atoms in total. The number of hydrogen-bond acceptors (Lipinski definition) is 2. The summed E-state index contributed by atoms with van der Waals surface area (Å²) >= 11 is 0. The summed E-state index contributed by atoms with van der Waals surface area (Å²) in [6.45, 7) is 1.45. The van der Waals surface area contributed by atoms with Gasteiger partial charge in [0.2, 0.25) is 0 Å². The lowest BCUT2D eigenvalue weighted by Gasteiger charge is -2.55. The van der Waals surface area contributed by atoms with Crippen molar-refractivity contribution in [3.05, 3.63) is 0 Å². The smallest absolute Gasteiger partial charge is 0.302 e. The van der Waals surface area contributed by atoms with Gasteiger partial charge in [0, 0.05) is 6.92 Å². The van der Waals surface area contributed by atoms with Gasteiger partial charge in [-0.3, -0.25) is 4.79 Å². The van der Waals surface area contributed by atoms with Crippen LogP contribution in [0.25, 0.3) is 0 Å². The topological polar surface area (TPSA) is 26.3 Å². The minimum Gasteiger partial charge on any atom is -0.462 e. The quantitative estimate of drug-likeness (QED) is 0.624. The molecule has 0 spiro atoms. The predicted molar refractivity (Wildman–Crippen MR) is 52.9 cm³/mol. The number of hydrogen-bond donors (Lipinski definition) is 0. The van der Waals surface area contributed by atoms with E-state index in [2.05, 4.69) is 0 Å². The lowest BCUT2D eigenvalue weighted by molar-refractivity contribution is -0.181. The highest BCUT2D eigenvalue weighted by Crippen LogP contribution is 2.58. The van der Waals surface area contributed by atoms with Crippen LogP contribution in [0, 0.1) is 17.8 Å². The molecule has 0 heterocycles. The van der Waals surface area contributed by atoms with Crippen LogP contribution in [-0.4, -0.2) is 17.7 Å². The third-order valence-electron chi connectivity index (χ3n) is 4.41. The Morgan fingerprint density at radius 3 is 2.33 bits per heavy atom. The van der Waals surface area contributed by atoms with Crippen molar-refractivity contribution < 1.29 is 13.9 Å². The number of carbonyl (C=O) groups is 1. The molecular formula is C12H17FO2. The SMILES string of the molecule is CC(=O)OC1C2CC3CC1CC(F)(C3)C2. The average molecular weight is 212 g/mol. The minimum absolute atomic E-state index is 0.0166. The number of alkyl halides is 1. The summed E-state index contributed by atoms with van der Waals surface area (Å²) in [6.07, 6.45) is 4.16. The van der Waals surface area contributed by atoms with Crippen molar-refractivity contribution >= 4 is 5.97 Å². The van der Waals surface area contributed by atoms with Crippen LogP contribution < -0.4 is 0 Å². The first-order valence-corrected chi connectivity index (χ1v) is 5.92. The summed E-state index contributed by atoms with van der Waals surface area (Å²) < 4.78 is 19.6. The van der Waals surface area contributed by atoms with Gasteiger partial charge in [0.15, 0.2) is 0 Å². The molecule has 0 saturated heterocycles. The van der Waals surface area contributed by atoms with Crippen molar-refractivity contribution in [2.75, 3.05) is 0 Å². The minimum atomic E-state index is -0.923. The van der Waals surface area contributed by atoms with Gasteiger partial charge in [-0.15, -0.1) is 0 Å². The van der Waals surface area contributed by atoms with Gasteiger partial charge in [-0.2, -0.15) is 0 Å². The Balaban J connectivity index is 1.82. The molecule has 0 aliphatic heterocycles. The first-order valence-electron chi connectivity index (χ1n) is 5.92. The van der Waals surface area contributed by atoms with E-state index < -0.39 is 5.67 Å². The van der Waals surface area contributed by atoms with Crippen LogP contribution >= 0.6 is 0 Å². The fourth-order valence-electron chi connectivity index (χ4n) is 4.26. The molecule has 4 rings (SSSR count). The van der Waals surface area contributed by atoms with Crippen molar-refractivity contribution in [2.45, 2.75) is 50.8 Å². The lowest BCUT2D eigenvalue weighted by Crippen LogP contribution is -2.56. The van der Waals surface area contributed by atoms with Crippen LogP contribution in [0.5, 0.6) is 0 Å². The molecule has 0 N–H and O–H groups in total. The Labute approximate surface area is 89.2 Å². The Bertz CT molecular complexity index is 286. The van der Waals surface area contributed by atoms with Gasteiger partial charge in [0.25, 0.3) is 0 Å². The van der Waals surface area contributed by atoms with Gasteiger partial charge in [-0.1, -0.05) is 0 Å². The summed E-state index contributed by atoms with van der Waals surface area (Å²) in [7, 11) is 0. The van der Waals surface area contributed by atoms with Gasteiger partial charge in [-0.05, 0) is 49.9 Å². The second-order valence-corrected chi connectivity index (χ2v) is 5.69. The van der Waals surface area contributed by atoms with Crippen LogP contribution in [0.4, 0.5) is 4.39 Å². The fourth-order valence-corrected chi connectivity index (χ4v) is 4.26. The number of halogens is 1. The normalized spacial score (nSPS) is 51.9. The maximum absolute atomic E-state index is 14.3. The van der Waals surface area contributed by atoms with E-state index in [9.17, 15) is 9.18 Å². The summed E-state index contributed by atoms with van der Waals surface area (Å²) in [4.78, 5) is 11.0. The summed E-state index contributed by atoms with van der Waals surface area (Å²) in [6, 6.07) is 0. The molecular weight excluding hydrogens is 195 g/mol. The van der Waals surface area contributed by atoms with E-state index >= 15 is 0 Å². The number of ether oxygens (including phenoxy) is 1. The molecule has 4 saturated carbocycles. The first kappa shape index (κ1) is 9.61. The maximum atomic E-state index is 14.3. The largest absolute Gasteiger partial charge is 0.462 e. The van der Waals surface area contributed by atoms with Crippen molar-refractivity contribution in [2.24, 2.45) is 17.8 Å². The van der Waals surface area contributed by atoms with E-state index in [0.29, 0.717) is 30.6 Å². The van der Waals surface area contributed by atoms with Crippen molar-refractivity contribution in [3.8, 4) is 0 Å². The average Bonchev–Trinajstić information content (AvgIpc) is 2.08. The third-order valence-corrected chi connectivity index (χ3v) is 4.41. The van der Waals surface area contributed by atoms with Gasteiger partial charge < -0.3 is 4.74 Å². The Kier molecular flexibility index (Phi) is 1.89. The summed E-state index contributed by atoms with van der Waals surface area (Å²) in [5.74, 6) is 0.940. The van der Waals surface area contributed by atoms with Gasteiger partial charge >= 0.3 is 5.97 Å². The number of carbonyl (C=O) groups excluding carboxylic acids is 1. The molecule has 0 aromatic heterocycles. The van der Waals surface area contributed by atoms with Gasteiger partial charge in [0.05, 0.1) is 0 Å². The standard InChI is InChI=1S/C12H17FO2/c1-7(14)15-11-9-2-8-3-10(11)6-12(13,4-8)5-9/h8-11H,2-6H2,1H3. The highest BCUT2D eigenvalue weighted by atomic mass is 19.1. The summed E-state index contributed by atoms with van der Waals surface area (Å²) in [5, 5.41) is 0. The number of esters is 1. The molecule has 4 fully saturated rings. The maximum Gasteiger partial charge on any atom is 0.302 e.